The van der Waals surface area contributed by atoms with Crippen molar-refractivity contribution in [1.29, 1.82) is 0 Å². The zero-order chi connectivity index (χ0) is 22.1. The number of rotatable bonds is 4. The van der Waals surface area contributed by atoms with Gasteiger partial charge in [-0.15, -0.1) is 53.6 Å². The number of aryl methyl sites for hydroxylation is 1. The van der Waals surface area contributed by atoms with Crippen molar-refractivity contribution < 1.29 is 23.3 Å². The molecule has 3 aromatic rings. The summed E-state index contributed by atoms with van der Waals surface area (Å²) in [5.41, 5.74) is 8.50. The molecule has 4 rings (SSSR count). The van der Waals surface area contributed by atoms with Crippen molar-refractivity contribution >= 4 is 17.7 Å². The van der Waals surface area contributed by atoms with Gasteiger partial charge in [0.05, 0.1) is 0 Å². The molecule has 0 spiro atoms. The Hall–Kier alpha value is -1.37. The molecule has 1 aliphatic carbocycles. The van der Waals surface area contributed by atoms with E-state index in [0.29, 0.717) is 5.92 Å². The van der Waals surface area contributed by atoms with Crippen LogP contribution in [-0.4, -0.2) is 6.88 Å². The van der Waals surface area contributed by atoms with Gasteiger partial charge in [0.25, 0.3) is 0 Å². The Morgan fingerprint density at radius 3 is 2.12 bits per heavy atom. The third-order valence-corrected chi connectivity index (χ3v) is 6.02. The number of benzene rings is 2. The molecule has 0 aromatic heterocycles. The summed E-state index contributed by atoms with van der Waals surface area (Å²) in [5.74, 6) is 0.560. The number of allylic oxidation sites excluding steroid dienone is 4. The van der Waals surface area contributed by atoms with Crippen molar-refractivity contribution in [3.8, 4) is 11.1 Å². The minimum atomic E-state index is 0. The van der Waals surface area contributed by atoms with Crippen LogP contribution < -0.4 is 0 Å². The molecule has 0 bridgehead atoms. The Morgan fingerprint density at radius 1 is 0.938 bits per heavy atom. The summed E-state index contributed by atoms with van der Waals surface area (Å²) >= 11 is 1.36. The second kappa shape index (κ2) is 15.5. The Morgan fingerprint density at radius 2 is 1.56 bits per heavy atom. The molecule has 1 unspecified atom stereocenters. The first-order valence-electron chi connectivity index (χ1n) is 10.8. The van der Waals surface area contributed by atoms with Crippen LogP contribution in [0.5, 0.6) is 0 Å². The van der Waals surface area contributed by atoms with E-state index in [9.17, 15) is 0 Å². The van der Waals surface area contributed by atoms with Gasteiger partial charge in [-0.25, -0.2) is 5.57 Å². The van der Waals surface area contributed by atoms with Gasteiger partial charge in [-0.3, -0.25) is 6.08 Å². The van der Waals surface area contributed by atoms with E-state index in [0.717, 1.165) is 0 Å². The van der Waals surface area contributed by atoms with E-state index in [-0.39, 0.29) is 14.9 Å². The molecule has 0 heterocycles. The molecule has 0 N–H and O–H groups in total. The Balaban J connectivity index is 0.000000632. The van der Waals surface area contributed by atoms with Crippen LogP contribution in [0.3, 0.4) is 0 Å². The van der Waals surface area contributed by atoms with Crippen LogP contribution >= 0.6 is 0 Å². The van der Waals surface area contributed by atoms with E-state index in [4.69, 9.17) is 0 Å². The van der Waals surface area contributed by atoms with E-state index in [2.05, 4.69) is 108 Å². The fourth-order valence-corrected chi connectivity index (χ4v) is 3.92. The zero-order valence-electron chi connectivity index (χ0n) is 21.0. The quantitative estimate of drug-likeness (QED) is 0.239. The molecule has 1 atom stereocenters. The van der Waals surface area contributed by atoms with Crippen molar-refractivity contribution in [3.63, 3.8) is 0 Å². The molecule has 0 saturated carbocycles. The first-order chi connectivity index (χ1) is 14.5. The van der Waals surface area contributed by atoms with Gasteiger partial charge in [-0.1, -0.05) is 81.5 Å². The maximum absolute atomic E-state index is 3.36. The fourth-order valence-electron chi connectivity index (χ4n) is 3.92. The van der Waals surface area contributed by atoms with Crippen molar-refractivity contribution in [2.45, 2.75) is 53.9 Å². The number of hydrogen-bond acceptors (Lipinski definition) is 0. The normalized spacial score (nSPS) is 14.2. The van der Waals surface area contributed by atoms with E-state index in [1.165, 1.54) is 86.8 Å². The first-order valence-corrected chi connectivity index (χ1v) is 15.0. The molecule has 0 amide bonds. The molecule has 0 nitrogen and oxygen atoms in total. The molecule has 1 aliphatic rings. The Bertz CT molecular complexity index is 1020. The van der Waals surface area contributed by atoms with Gasteiger partial charge in [0.15, 0.2) is 0 Å². The van der Waals surface area contributed by atoms with Crippen LogP contribution in [0.15, 0.2) is 77.4 Å². The summed E-state index contributed by atoms with van der Waals surface area (Å²) in [4.78, 5) is 0. The summed E-state index contributed by atoms with van der Waals surface area (Å²) in [6.07, 6.45) is 7.04. The Labute approximate surface area is 214 Å². The average Bonchev–Trinajstić information content (AvgIpc) is 3.31. The van der Waals surface area contributed by atoms with E-state index >= 15 is 0 Å². The van der Waals surface area contributed by atoms with Gasteiger partial charge in [-0.2, -0.15) is 11.1 Å². The van der Waals surface area contributed by atoms with Gasteiger partial charge in [-0.05, 0) is 12.8 Å². The molecule has 2 heteroatoms. The van der Waals surface area contributed by atoms with Crippen LogP contribution in [0.2, 0.25) is 0 Å². The van der Waals surface area contributed by atoms with Crippen LogP contribution in [0, 0.1) is 26.8 Å². The molecule has 0 aliphatic heterocycles. The SMILES string of the molecule is CC1=[C-]C(C)C(C)=C1C.CCCCc1ccccc1-c1c[cH-]c2ccccc12.[CH3-].[CH3-].[Si]=[Zr]. The standard InChI is InChI=1S/C19H19.C9H13.2CH3.Si.Zr/c1-2-3-8-15-9-4-6-11-17(15)19-14-13-16-10-5-7-12-18(16)19;1-6-5-7(2)9(4)8(6)3;;;;/h4-7,9-14H,2-3,8H2,1H3;6H,1-4H3;2*1H3;;/q4*-1;;. The first kappa shape index (κ1) is 30.6. The summed E-state index contributed by atoms with van der Waals surface area (Å²) in [6.45, 7) is 14.0. The average molecular weight is 518 g/mol. The molecule has 32 heavy (non-hydrogen) atoms. The van der Waals surface area contributed by atoms with Crippen LogP contribution in [0.1, 0.15) is 53.0 Å². The topological polar surface area (TPSA) is 0 Å². The maximum atomic E-state index is 3.36. The van der Waals surface area contributed by atoms with Gasteiger partial charge in [0.2, 0.25) is 0 Å². The molecule has 2 radical (unpaired) electrons. The third kappa shape index (κ3) is 7.60. The number of hydrogen-bond donors (Lipinski definition) is 0. The molecular formula is C30H38SiZr-4. The van der Waals surface area contributed by atoms with Gasteiger partial charge >= 0.3 is 30.2 Å². The van der Waals surface area contributed by atoms with Crippen molar-refractivity contribution in [2.75, 3.05) is 0 Å². The molecule has 0 saturated heterocycles. The van der Waals surface area contributed by atoms with Gasteiger partial charge < -0.3 is 14.9 Å². The fraction of sp³-hybridized carbons (Fsp3) is 0.300. The Kier molecular flexibility index (Phi) is 14.8. The van der Waals surface area contributed by atoms with Crippen LogP contribution in [0.4, 0.5) is 0 Å². The third-order valence-electron chi connectivity index (χ3n) is 6.02. The van der Waals surface area contributed by atoms with E-state index in [1.807, 2.05) is 0 Å². The van der Waals surface area contributed by atoms with Gasteiger partial charge in [0, 0.05) is 0 Å². The summed E-state index contributed by atoms with van der Waals surface area (Å²) < 4.78 is 0. The van der Waals surface area contributed by atoms with Gasteiger partial charge in [0.1, 0.15) is 0 Å². The zero-order valence-corrected chi connectivity index (χ0v) is 24.4. The van der Waals surface area contributed by atoms with Crippen molar-refractivity contribution in [2.24, 2.45) is 5.92 Å². The summed E-state index contributed by atoms with van der Waals surface area (Å²) in [5, 5.41) is 2.70. The molecule has 170 valence electrons. The van der Waals surface area contributed by atoms with Crippen molar-refractivity contribution in [3.05, 3.63) is 104 Å². The predicted molar refractivity (Wildman–Crippen MR) is 142 cm³/mol. The molecule has 3 aromatic carbocycles. The second-order valence-electron chi connectivity index (χ2n) is 7.89. The number of fused-ring (bicyclic) bond motifs is 1. The summed E-state index contributed by atoms with van der Waals surface area (Å²) in [6, 6.07) is 22.0. The summed E-state index contributed by atoms with van der Waals surface area (Å²) in [7, 11) is 0. The predicted octanol–water partition coefficient (Wildman–Crippen LogP) is 8.81. The second-order valence-corrected chi connectivity index (χ2v) is 7.89. The molecular weight excluding hydrogens is 480 g/mol. The van der Waals surface area contributed by atoms with E-state index in [1.54, 1.807) is 0 Å². The molecule has 0 fully saturated rings. The monoisotopic (exact) mass is 516 g/mol. The van der Waals surface area contributed by atoms with Crippen LogP contribution in [-0.2, 0) is 29.8 Å². The van der Waals surface area contributed by atoms with Crippen molar-refractivity contribution in [1.82, 2.24) is 0 Å². The van der Waals surface area contributed by atoms with E-state index < -0.39 is 0 Å². The van der Waals surface area contributed by atoms with Crippen LogP contribution in [0.25, 0.3) is 21.9 Å². The minimum absolute atomic E-state index is 0. The number of unbranched alkanes of at least 4 members (excludes halogenated alkanes) is 1.